The number of carboxylic acids is 1. The van der Waals surface area contributed by atoms with Crippen molar-refractivity contribution in [1.82, 2.24) is 4.98 Å². The van der Waals surface area contributed by atoms with Crippen LogP contribution in [0.2, 0.25) is 0 Å². The maximum atomic E-state index is 11.6. The first-order valence-corrected chi connectivity index (χ1v) is 6.35. The van der Waals surface area contributed by atoms with Crippen LogP contribution in [0.3, 0.4) is 0 Å². The van der Waals surface area contributed by atoms with E-state index in [1.165, 1.54) is 0 Å². The molecule has 5 nitrogen and oxygen atoms in total. The lowest BCUT2D eigenvalue weighted by molar-refractivity contribution is -0.150. The van der Waals surface area contributed by atoms with Gasteiger partial charge in [0, 0.05) is 19.3 Å². The number of anilines is 1. The number of hydrogen-bond donors (Lipinski definition) is 1. The number of nitriles is 1. The second-order valence-corrected chi connectivity index (χ2v) is 5.27. The third-order valence-corrected chi connectivity index (χ3v) is 4.06. The number of carbonyl (C=O) groups is 1. The Kier molecular flexibility index (Phi) is 3.43. The van der Waals surface area contributed by atoms with E-state index < -0.39 is 11.4 Å². The van der Waals surface area contributed by atoms with Crippen LogP contribution in [0.4, 0.5) is 5.69 Å². The highest BCUT2D eigenvalue weighted by Gasteiger charge is 2.47. The van der Waals surface area contributed by atoms with Gasteiger partial charge < -0.3 is 10.0 Å². The molecule has 0 radical (unpaired) electrons. The second kappa shape index (κ2) is 4.88. The van der Waals surface area contributed by atoms with Crippen molar-refractivity contribution in [3.63, 3.8) is 0 Å². The first-order valence-electron chi connectivity index (χ1n) is 6.35. The van der Waals surface area contributed by atoms with Crippen LogP contribution in [-0.4, -0.2) is 29.1 Å². The number of carboxylic acid groups (broad SMARTS) is 1. The van der Waals surface area contributed by atoms with Crippen LogP contribution in [0.25, 0.3) is 0 Å². The van der Waals surface area contributed by atoms with E-state index in [2.05, 4.69) is 11.1 Å². The average Bonchev–Trinajstić information content (AvgIpc) is 2.85. The van der Waals surface area contributed by atoms with Crippen LogP contribution in [0.5, 0.6) is 0 Å². The number of pyridine rings is 1. The van der Waals surface area contributed by atoms with Gasteiger partial charge in [-0.05, 0) is 24.5 Å². The fourth-order valence-corrected chi connectivity index (χ4v) is 2.67. The number of aliphatic carboxylic acids is 1. The SMILES string of the molecule is CC(C)C1(C(=O)O)CCN(c2cccnc2C#N)C1. The average molecular weight is 259 g/mol. The molecule has 1 atom stereocenters. The van der Waals surface area contributed by atoms with Crippen molar-refractivity contribution in [3.8, 4) is 6.07 Å². The summed E-state index contributed by atoms with van der Waals surface area (Å²) in [4.78, 5) is 17.6. The summed E-state index contributed by atoms with van der Waals surface area (Å²) in [6.07, 6.45) is 2.17. The molecule has 0 spiro atoms. The van der Waals surface area contributed by atoms with Gasteiger partial charge in [-0.15, -0.1) is 0 Å². The van der Waals surface area contributed by atoms with Crippen LogP contribution in [0, 0.1) is 22.7 Å². The van der Waals surface area contributed by atoms with Crippen LogP contribution in [0.15, 0.2) is 18.3 Å². The zero-order chi connectivity index (χ0) is 14.0. The van der Waals surface area contributed by atoms with E-state index in [0.717, 1.165) is 5.69 Å². The maximum Gasteiger partial charge on any atom is 0.311 e. The molecule has 1 N–H and O–H groups in total. The Morgan fingerprint density at radius 3 is 2.89 bits per heavy atom. The van der Waals surface area contributed by atoms with Gasteiger partial charge in [0.05, 0.1) is 11.1 Å². The Labute approximate surface area is 112 Å². The predicted molar refractivity (Wildman–Crippen MR) is 70.7 cm³/mol. The van der Waals surface area contributed by atoms with Gasteiger partial charge in [-0.25, -0.2) is 4.98 Å². The quantitative estimate of drug-likeness (QED) is 0.897. The number of aromatic nitrogens is 1. The summed E-state index contributed by atoms with van der Waals surface area (Å²) in [6.45, 7) is 4.95. The maximum absolute atomic E-state index is 11.6. The second-order valence-electron chi connectivity index (χ2n) is 5.27. The number of hydrogen-bond acceptors (Lipinski definition) is 4. The van der Waals surface area contributed by atoms with Crippen LogP contribution < -0.4 is 4.90 Å². The van der Waals surface area contributed by atoms with Gasteiger partial charge in [0.15, 0.2) is 5.69 Å². The summed E-state index contributed by atoms with van der Waals surface area (Å²) in [5.41, 5.74) is 0.351. The molecule has 1 aromatic rings. The summed E-state index contributed by atoms with van der Waals surface area (Å²) in [5, 5.41) is 18.6. The number of rotatable bonds is 3. The molecule has 19 heavy (non-hydrogen) atoms. The molecule has 1 aliphatic rings. The standard InChI is InChI=1S/C14H17N3O2/c1-10(2)14(13(18)19)5-7-17(9-14)12-4-3-6-16-11(12)8-15/h3-4,6,10H,5,7,9H2,1-2H3,(H,18,19). The van der Waals surface area contributed by atoms with Crippen molar-refractivity contribution < 1.29 is 9.90 Å². The summed E-state index contributed by atoms with van der Waals surface area (Å²) in [6, 6.07) is 5.65. The molecule has 0 aromatic carbocycles. The van der Waals surface area contributed by atoms with Crippen molar-refractivity contribution >= 4 is 11.7 Å². The lowest BCUT2D eigenvalue weighted by Crippen LogP contribution is -2.39. The molecule has 1 saturated heterocycles. The van der Waals surface area contributed by atoms with Crippen molar-refractivity contribution in [3.05, 3.63) is 24.0 Å². The molecule has 0 saturated carbocycles. The molecular weight excluding hydrogens is 242 g/mol. The van der Waals surface area contributed by atoms with Crippen molar-refractivity contribution in [2.24, 2.45) is 11.3 Å². The Morgan fingerprint density at radius 2 is 2.37 bits per heavy atom. The van der Waals surface area contributed by atoms with Gasteiger partial charge in [-0.3, -0.25) is 4.79 Å². The molecule has 1 unspecified atom stereocenters. The van der Waals surface area contributed by atoms with Gasteiger partial charge in [0.2, 0.25) is 0 Å². The van der Waals surface area contributed by atoms with E-state index >= 15 is 0 Å². The molecule has 1 aliphatic heterocycles. The lowest BCUT2D eigenvalue weighted by Gasteiger charge is -2.29. The minimum absolute atomic E-state index is 0.0530. The highest BCUT2D eigenvalue weighted by Crippen LogP contribution is 2.40. The van der Waals surface area contributed by atoms with E-state index in [9.17, 15) is 9.90 Å². The Morgan fingerprint density at radius 1 is 1.63 bits per heavy atom. The normalized spacial score (nSPS) is 22.5. The topological polar surface area (TPSA) is 77.2 Å². The fraction of sp³-hybridized carbons (Fsp3) is 0.500. The van der Waals surface area contributed by atoms with Crippen LogP contribution >= 0.6 is 0 Å². The molecule has 0 amide bonds. The summed E-state index contributed by atoms with van der Waals surface area (Å²) >= 11 is 0. The van der Waals surface area contributed by atoms with Crippen molar-refractivity contribution in [2.45, 2.75) is 20.3 Å². The molecule has 1 fully saturated rings. The van der Waals surface area contributed by atoms with Crippen molar-refractivity contribution in [1.29, 1.82) is 5.26 Å². The van der Waals surface area contributed by atoms with Crippen molar-refractivity contribution in [2.75, 3.05) is 18.0 Å². The molecule has 0 aliphatic carbocycles. The first-order chi connectivity index (χ1) is 9.01. The molecule has 2 rings (SSSR count). The molecular formula is C14H17N3O2. The molecule has 0 bridgehead atoms. The largest absolute Gasteiger partial charge is 0.481 e. The first kappa shape index (κ1) is 13.3. The van der Waals surface area contributed by atoms with E-state index in [1.807, 2.05) is 24.8 Å². The third-order valence-electron chi connectivity index (χ3n) is 4.06. The van der Waals surface area contributed by atoms with Gasteiger partial charge in [0.25, 0.3) is 0 Å². The minimum atomic E-state index is -0.757. The monoisotopic (exact) mass is 259 g/mol. The zero-order valence-electron chi connectivity index (χ0n) is 11.1. The van der Waals surface area contributed by atoms with E-state index in [0.29, 0.717) is 25.2 Å². The molecule has 1 aromatic heterocycles. The third kappa shape index (κ3) is 2.14. The van der Waals surface area contributed by atoms with Crippen LogP contribution in [-0.2, 0) is 4.79 Å². The van der Waals surface area contributed by atoms with E-state index in [-0.39, 0.29) is 5.92 Å². The Bertz CT molecular complexity index is 536. The summed E-state index contributed by atoms with van der Waals surface area (Å²) in [5.74, 6) is -0.704. The Balaban J connectivity index is 2.32. The molecule has 5 heteroatoms. The van der Waals surface area contributed by atoms with Crippen LogP contribution in [0.1, 0.15) is 26.0 Å². The fourth-order valence-electron chi connectivity index (χ4n) is 2.67. The van der Waals surface area contributed by atoms with E-state index in [4.69, 9.17) is 5.26 Å². The van der Waals surface area contributed by atoms with Gasteiger partial charge in [-0.2, -0.15) is 5.26 Å². The van der Waals surface area contributed by atoms with Gasteiger partial charge in [0.1, 0.15) is 6.07 Å². The highest BCUT2D eigenvalue weighted by molar-refractivity contribution is 5.77. The smallest absolute Gasteiger partial charge is 0.311 e. The predicted octanol–water partition coefficient (Wildman–Crippen LogP) is 1.89. The zero-order valence-corrected chi connectivity index (χ0v) is 11.1. The van der Waals surface area contributed by atoms with Gasteiger partial charge >= 0.3 is 5.97 Å². The number of nitrogens with zero attached hydrogens (tertiary/aromatic N) is 3. The summed E-state index contributed by atoms with van der Waals surface area (Å²) < 4.78 is 0. The minimum Gasteiger partial charge on any atom is -0.481 e. The Hall–Kier alpha value is -2.09. The highest BCUT2D eigenvalue weighted by atomic mass is 16.4. The van der Waals surface area contributed by atoms with E-state index in [1.54, 1.807) is 12.3 Å². The molecule has 2 heterocycles. The summed E-state index contributed by atoms with van der Waals surface area (Å²) in [7, 11) is 0. The van der Waals surface area contributed by atoms with Gasteiger partial charge in [-0.1, -0.05) is 13.8 Å². The molecule has 100 valence electrons. The lowest BCUT2D eigenvalue weighted by atomic mass is 9.76.